The highest BCUT2D eigenvalue weighted by atomic mass is 19.3. The Kier molecular flexibility index (Phi) is 3.37. The van der Waals surface area contributed by atoms with Gasteiger partial charge in [-0.1, -0.05) is 6.58 Å². The molecule has 0 fully saturated rings. The van der Waals surface area contributed by atoms with Gasteiger partial charge in [0.1, 0.15) is 5.69 Å². The number of aromatic nitrogens is 1. The molecule has 0 aliphatic heterocycles. The zero-order chi connectivity index (χ0) is 11.4. The van der Waals surface area contributed by atoms with E-state index >= 15 is 0 Å². The van der Waals surface area contributed by atoms with E-state index in [1.807, 2.05) is 0 Å². The smallest absolute Gasteiger partial charge is 0.388 e. The largest absolute Gasteiger partial charge is 0.412 e. The van der Waals surface area contributed by atoms with E-state index in [9.17, 15) is 13.6 Å². The number of nitrogens with zero attached hydrogens (tertiary/aromatic N) is 1. The highest BCUT2D eigenvalue weighted by Crippen LogP contribution is 2.28. The number of hydrogen-bond donors (Lipinski definition) is 1. The molecule has 1 N–H and O–H groups in total. The average molecular weight is 218 g/mol. The Labute approximate surface area is 83.7 Å². The average Bonchev–Trinajstić information content (AvgIpc) is 2.49. The van der Waals surface area contributed by atoms with Crippen LogP contribution >= 0.6 is 0 Å². The number of amides is 1. The summed E-state index contributed by atoms with van der Waals surface area (Å²) in [4.78, 5) is 10.9. The maximum absolute atomic E-state index is 11.9. The summed E-state index contributed by atoms with van der Waals surface area (Å²) in [7, 11) is 0. The first kappa shape index (κ1) is 11.2. The van der Waals surface area contributed by atoms with Gasteiger partial charge in [-0.2, -0.15) is 8.78 Å². The molecule has 1 heterocycles. The van der Waals surface area contributed by atoms with E-state index in [1.165, 1.54) is 6.92 Å². The van der Waals surface area contributed by atoms with Crippen LogP contribution in [-0.4, -0.2) is 17.7 Å². The molecule has 82 valence electrons. The molecule has 1 rings (SSSR count). The Morgan fingerprint density at radius 2 is 2.40 bits per heavy atom. The third-order valence-electron chi connectivity index (χ3n) is 1.47. The van der Waals surface area contributed by atoms with E-state index in [0.29, 0.717) is 0 Å². The molecule has 0 radical (unpaired) electrons. The molecule has 7 heteroatoms. The SMILES string of the molecule is C=CC(=O)Nc1c(OC(F)F)noc1C. The fourth-order valence-electron chi connectivity index (χ4n) is 0.832. The van der Waals surface area contributed by atoms with Crippen LogP contribution in [0.25, 0.3) is 0 Å². The van der Waals surface area contributed by atoms with Gasteiger partial charge in [0.2, 0.25) is 5.91 Å². The van der Waals surface area contributed by atoms with Gasteiger partial charge in [-0.25, -0.2) is 0 Å². The van der Waals surface area contributed by atoms with Crippen LogP contribution in [0.5, 0.6) is 5.88 Å². The van der Waals surface area contributed by atoms with Crippen molar-refractivity contribution in [2.24, 2.45) is 0 Å². The van der Waals surface area contributed by atoms with Gasteiger partial charge in [0.25, 0.3) is 5.88 Å². The number of carbonyl (C=O) groups excluding carboxylic acids is 1. The van der Waals surface area contributed by atoms with Crippen molar-refractivity contribution in [2.75, 3.05) is 5.32 Å². The first-order chi connectivity index (χ1) is 7.04. The van der Waals surface area contributed by atoms with Crippen molar-refractivity contribution in [1.82, 2.24) is 5.16 Å². The van der Waals surface area contributed by atoms with Gasteiger partial charge in [0.15, 0.2) is 5.76 Å². The lowest BCUT2D eigenvalue weighted by Crippen LogP contribution is -2.10. The minimum absolute atomic E-state index is 0.0276. The molecule has 0 atom stereocenters. The minimum atomic E-state index is -3.03. The van der Waals surface area contributed by atoms with Crippen LogP contribution in [0, 0.1) is 6.92 Å². The van der Waals surface area contributed by atoms with Crippen LogP contribution in [0.1, 0.15) is 5.76 Å². The lowest BCUT2D eigenvalue weighted by atomic mass is 10.4. The molecule has 0 unspecified atom stereocenters. The van der Waals surface area contributed by atoms with Gasteiger partial charge < -0.3 is 14.6 Å². The van der Waals surface area contributed by atoms with Crippen LogP contribution in [-0.2, 0) is 4.79 Å². The zero-order valence-electron chi connectivity index (χ0n) is 7.79. The second kappa shape index (κ2) is 4.54. The van der Waals surface area contributed by atoms with Crippen molar-refractivity contribution in [3.63, 3.8) is 0 Å². The lowest BCUT2D eigenvalue weighted by Gasteiger charge is -2.03. The fourth-order valence-corrected chi connectivity index (χ4v) is 0.832. The summed E-state index contributed by atoms with van der Waals surface area (Å²) in [5.41, 5.74) is -0.0276. The molecule has 1 aromatic rings. The molecule has 0 aromatic carbocycles. The highest BCUT2D eigenvalue weighted by Gasteiger charge is 2.18. The second-order valence-corrected chi connectivity index (χ2v) is 2.49. The van der Waals surface area contributed by atoms with E-state index in [4.69, 9.17) is 0 Å². The summed E-state index contributed by atoms with van der Waals surface area (Å²) in [6.07, 6.45) is 0.985. The summed E-state index contributed by atoms with van der Waals surface area (Å²) in [5.74, 6) is -0.862. The van der Waals surface area contributed by atoms with Crippen molar-refractivity contribution in [1.29, 1.82) is 0 Å². The third-order valence-corrected chi connectivity index (χ3v) is 1.47. The van der Waals surface area contributed by atoms with E-state index in [2.05, 4.69) is 26.3 Å². The van der Waals surface area contributed by atoms with Crippen molar-refractivity contribution < 1.29 is 22.8 Å². The van der Waals surface area contributed by atoms with Gasteiger partial charge in [-0.05, 0) is 18.2 Å². The number of alkyl halides is 2. The summed E-state index contributed by atoms with van der Waals surface area (Å²) >= 11 is 0. The number of carbonyl (C=O) groups is 1. The van der Waals surface area contributed by atoms with Crippen molar-refractivity contribution in [2.45, 2.75) is 13.5 Å². The molecule has 0 aliphatic rings. The molecular weight excluding hydrogens is 210 g/mol. The maximum Gasteiger partial charge on any atom is 0.388 e. The predicted molar refractivity (Wildman–Crippen MR) is 46.7 cm³/mol. The molecule has 0 spiro atoms. The quantitative estimate of drug-likeness (QED) is 0.781. The number of hydrogen-bond acceptors (Lipinski definition) is 4. The van der Waals surface area contributed by atoms with Crippen LogP contribution in [0.15, 0.2) is 17.2 Å². The Balaban J connectivity index is 2.88. The molecule has 1 amide bonds. The van der Waals surface area contributed by atoms with Gasteiger partial charge in [-0.15, -0.1) is 0 Å². The number of halogens is 2. The Hall–Kier alpha value is -1.92. The third kappa shape index (κ3) is 2.76. The van der Waals surface area contributed by atoms with E-state index < -0.39 is 18.4 Å². The monoisotopic (exact) mass is 218 g/mol. The molecule has 0 saturated carbocycles. The van der Waals surface area contributed by atoms with E-state index in [0.717, 1.165) is 6.08 Å². The summed E-state index contributed by atoms with van der Waals surface area (Å²) in [6.45, 7) is 1.62. The normalized spacial score (nSPS) is 10.1. The summed E-state index contributed by atoms with van der Waals surface area (Å²) in [6, 6.07) is 0. The Bertz CT molecular complexity index is 376. The van der Waals surface area contributed by atoms with Crippen molar-refractivity contribution in [3.05, 3.63) is 18.4 Å². The van der Waals surface area contributed by atoms with Crippen molar-refractivity contribution in [3.8, 4) is 5.88 Å². The first-order valence-electron chi connectivity index (χ1n) is 3.89. The fraction of sp³-hybridized carbons (Fsp3) is 0.250. The predicted octanol–water partition coefficient (Wildman–Crippen LogP) is 1.71. The van der Waals surface area contributed by atoms with Gasteiger partial charge in [0, 0.05) is 0 Å². The number of nitrogens with one attached hydrogen (secondary N) is 1. The van der Waals surface area contributed by atoms with Crippen LogP contribution in [0.2, 0.25) is 0 Å². The molecule has 15 heavy (non-hydrogen) atoms. The van der Waals surface area contributed by atoms with Crippen molar-refractivity contribution >= 4 is 11.6 Å². The number of anilines is 1. The second-order valence-electron chi connectivity index (χ2n) is 2.49. The van der Waals surface area contributed by atoms with E-state index in [-0.39, 0.29) is 11.4 Å². The van der Waals surface area contributed by atoms with Gasteiger partial charge >= 0.3 is 6.61 Å². The maximum atomic E-state index is 11.9. The number of ether oxygens (including phenoxy) is 1. The minimum Gasteiger partial charge on any atom is -0.412 e. The molecule has 0 saturated heterocycles. The van der Waals surface area contributed by atoms with E-state index in [1.54, 1.807) is 0 Å². The molecule has 0 aliphatic carbocycles. The first-order valence-corrected chi connectivity index (χ1v) is 3.89. The zero-order valence-corrected chi connectivity index (χ0v) is 7.79. The Morgan fingerprint density at radius 3 is 2.93 bits per heavy atom. The lowest BCUT2D eigenvalue weighted by molar-refractivity contribution is -0.112. The molecule has 0 bridgehead atoms. The molecule has 5 nitrogen and oxygen atoms in total. The molecular formula is C8H8F2N2O3. The van der Waals surface area contributed by atoms with Crippen LogP contribution in [0.4, 0.5) is 14.5 Å². The van der Waals surface area contributed by atoms with Gasteiger partial charge in [0.05, 0.1) is 0 Å². The van der Waals surface area contributed by atoms with Gasteiger partial charge in [-0.3, -0.25) is 4.79 Å². The van der Waals surface area contributed by atoms with Crippen LogP contribution < -0.4 is 10.1 Å². The molecule has 1 aromatic heterocycles. The number of rotatable bonds is 4. The summed E-state index contributed by atoms with van der Waals surface area (Å²) in [5, 5.41) is 5.46. The Morgan fingerprint density at radius 1 is 1.73 bits per heavy atom. The van der Waals surface area contributed by atoms with Crippen LogP contribution in [0.3, 0.4) is 0 Å². The standard InChI is InChI=1S/C8H8F2N2O3/c1-3-5(13)11-6-4(2)15-12-7(6)14-8(9)10/h3,8H,1H2,2H3,(H,11,13). The highest BCUT2D eigenvalue weighted by molar-refractivity contribution is 6.00. The number of aryl methyl sites for hydroxylation is 1. The topological polar surface area (TPSA) is 64.4 Å². The summed E-state index contributed by atoms with van der Waals surface area (Å²) < 4.78 is 32.4.